The molecule has 0 bridgehead atoms. The molecule has 120 valence electrons. The molecule has 0 saturated carbocycles. The fourth-order valence-corrected chi connectivity index (χ4v) is 2.27. The van der Waals surface area contributed by atoms with Crippen molar-refractivity contribution >= 4 is 52.1 Å². The Morgan fingerprint density at radius 1 is 1.17 bits per heavy atom. The summed E-state index contributed by atoms with van der Waals surface area (Å²) in [6.45, 7) is 1.23. The van der Waals surface area contributed by atoms with Gasteiger partial charge in [0.2, 0.25) is 5.91 Å². The monoisotopic (exact) mass is 374 g/mol. The van der Waals surface area contributed by atoms with Gasteiger partial charge in [-0.15, -0.1) is 0 Å². The van der Waals surface area contributed by atoms with Crippen LogP contribution in [-0.2, 0) is 4.79 Å². The number of nitro benzene ring substituents is 1. The number of ether oxygens (including phenoxy) is 1. The Bertz CT molecular complexity index is 796. The number of carbonyl (C=O) groups excluding carboxylic acids is 1. The zero-order valence-electron chi connectivity index (χ0n) is 11.6. The Morgan fingerprint density at radius 3 is 2.48 bits per heavy atom. The van der Waals surface area contributed by atoms with E-state index in [1.165, 1.54) is 13.0 Å². The highest BCUT2D eigenvalue weighted by molar-refractivity contribution is 6.43. The summed E-state index contributed by atoms with van der Waals surface area (Å²) in [4.78, 5) is 21.6. The number of hydrogen-bond donors (Lipinski definition) is 1. The molecule has 0 unspecified atom stereocenters. The molecule has 0 aromatic heterocycles. The molecule has 2 aromatic rings. The molecule has 0 atom stereocenters. The summed E-state index contributed by atoms with van der Waals surface area (Å²) in [5.74, 6) is -0.156. The minimum absolute atomic E-state index is 0.0122. The number of amides is 1. The lowest BCUT2D eigenvalue weighted by molar-refractivity contribution is -0.383. The Labute approximate surface area is 146 Å². The van der Waals surface area contributed by atoms with Gasteiger partial charge in [0.15, 0.2) is 0 Å². The number of nitro groups is 1. The largest absolute Gasteiger partial charge is 0.454 e. The summed E-state index contributed by atoms with van der Waals surface area (Å²) in [6.07, 6.45) is 0. The molecule has 2 rings (SSSR count). The van der Waals surface area contributed by atoms with E-state index in [1.807, 2.05) is 0 Å². The van der Waals surface area contributed by atoms with E-state index in [0.29, 0.717) is 0 Å². The van der Waals surface area contributed by atoms with Gasteiger partial charge < -0.3 is 10.1 Å². The first-order valence-corrected chi connectivity index (χ1v) is 7.30. The molecule has 0 radical (unpaired) electrons. The number of hydrogen-bond acceptors (Lipinski definition) is 4. The quantitative estimate of drug-likeness (QED) is 0.580. The average molecular weight is 376 g/mol. The van der Waals surface area contributed by atoms with Crippen molar-refractivity contribution in [2.45, 2.75) is 6.92 Å². The van der Waals surface area contributed by atoms with Crippen molar-refractivity contribution < 1.29 is 14.5 Å². The van der Waals surface area contributed by atoms with Gasteiger partial charge in [0.05, 0.1) is 15.0 Å². The molecule has 0 aliphatic rings. The summed E-state index contributed by atoms with van der Waals surface area (Å²) in [7, 11) is 0. The molecule has 0 heterocycles. The fraction of sp³-hybridized carbons (Fsp3) is 0.0714. The van der Waals surface area contributed by atoms with E-state index in [2.05, 4.69) is 5.32 Å². The van der Waals surface area contributed by atoms with Gasteiger partial charge in [-0.2, -0.15) is 0 Å². The predicted molar refractivity (Wildman–Crippen MR) is 88.9 cm³/mol. The Morgan fingerprint density at radius 2 is 1.87 bits per heavy atom. The summed E-state index contributed by atoms with van der Waals surface area (Å²) in [5.41, 5.74) is -0.394. The first-order chi connectivity index (χ1) is 10.8. The van der Waals surface area contributed by atoms with Crippen LogP contribution in [0, 0.1) is 10.1 Å². The molecule has 1 amide bonds. The highest BCUT2D eigenvalue weighted by atomic mass is 35.5. The predicted octanol–water partition coefficient (Wildman–Crippen LogP) is 5.31. The molecular weight excluding hydrogens is 367 g/mol. The molecule has 0 fully saturated rings. The van der Waals surface area contributed by atoms with E-state index in [1.54, 1.807) is 18.2 Å². The number of nitrogens with one attached hydrogen (secondary N) is 1. The van der Waals surface area contributed by atoms with Crippen molar-refractivity contribution in [2.75, 3.05) is 5.32 Å². The van der Waals surface area contributed by atoms with Gasteiger partial charge in [0, 0.05) is 19.1 Å². The lowest BCUT2D eigenvalue weighted by atomic mass is 10.2. The molecule has 6 nitrogen and oxygen atoms in total. The first kappa shape index (κ1) is 17.3. The van der Waals surface area contributed by atoms with Crippen molar-refractivity contribution in [1.29, 1.82) is 0 Å². The molecule has 0 aliphatic heterocycles. The summed E-state index contributed by atoms with van der Waals surface area (Å²) in [5, 5.41) is 13.8. The molecule has 0 aliphatic carbocycles. The van der Waals surface area contributed by atoms with E-state index >= 15 is 0 Å². The van der Waals surface area contributed by atoms with Gasteiger partial charge in [0.1, 0.15) is 22.2 Å². The SMILES string of the molecule is CC(=O)Nc1cc(Oc2cccc(Cl)c2Cl)c(Cl)cc1[N+](=O)[O-]. The Hall–Kier alpha value is -2.02. The lowest BCUT2D eigenvalue weighted by Crippen LogP contribution is -2.08. The maximum Gasteiger partial charge on any atom is 0.294 e. The standard InChI is InChI=1S/C14H9Cl3N2O4/c1-7(20)18-10-6-13(9(16)5-11(10)19(21)22)23-12-4-2-3-8(15)14(12)17/h2-6H,1H3,(H,18,20). The van der Waals surface area contributed by atoms with Crippen molar-refractivity contribution in [2.24, 2.45) is 0 Å². The van der Waals surface area contributed by atoms with Crippen LogP contribution in [0.4, 0.5) is 11.4 Å². The number of halogens is 3. The van der Waals surface area contributed by atoms with Crippen LogP contribution >= 0.6 is 34.8 Å². The van der Waals surface area contributed by atoms with E-state index in [0.717, 1.165) is 6.07 Å². The van der Waals surface area contributed by atoms with Gasteiger partial charge in [-0.25, -0.2) is 0 Å². The number of carbonyl (C=O) groups is 1. The van der Waals surface area contributed by atoms with Gasteiger partial charge in [-0.05, 0) is 12.1 Å². The Balaban J connectivity index is 2.48. The van der Waals surface area contributed by atoms with Crippen LogP contribution < -0.4 is 10.1 Å². The van der Waals surface area contributed by atoms with E-state index in [-0.39, 0.29) is 37.9 Å². The second kappa shape index (κ2) is 7.04. The van der Waals surface area contributed by atoms with Crippen LogP contribution in [0.15, 0.2) is 30.3 Å². The van der Waals surface area contributed by atoms with Crippen LogP contribution in [-0.4, -0.2) is 10.8 Å². The van der Waals surface area contributed by atoms with Crippen molar-refractivity contribution in [1.82, 2.24) is 0 Å². The number of anilines is 1. The van der Waals surface area contributed by atoms with Crippen LogP contribution in [0.5, 0.6) is 11.5 Å². The highest BCUT2D eigenvalue weighted by Gasteiger charge is 2.20. The maximum atomic E-state index is 11.2. The number of rotatable bonds is 4. The molecule has 1 N–H and O–H groups in total. The summed E-state index contributed by atoms with van der Waals surface area (Å²) < 4.78 is 5.56. The zero-order chi connectivity index (χ0) is 17.1. The molecule has 0 saturated heterocycles. The summed E-state index contributed by atoms with van der Waals surface area (Å²) in [6, 6.07) is 7.10. The minimum atomic E-state index is -0.659. The molecule has 2 aromatic carbocycles. The third-order valence-corrected chi connectivity index (χ3v) is 3.79. The molecular formula is C14H9Cl3N2O4. The third-order valence-electron chi connectivity index (χ3n) is 2.69. The second-order valence-corrected chi connectivity index (χ2v) is 5.58. The van der Waals surface area contributed by atoms with Crippen LogP contribution in [0.2, 0.25) is 15.1 Å². The van der Waals surface area contributed by atoms with Crippen LogP contribution in [0.3, 0.4) is 0 Å². The average Bonchev–Trinajstić information content (AvgIpc) is 2.46. The van der Waals surface area contributed by atoms with Crippen molar-refractivity contribution in [3.8, 4) is 11.5 Å². The van der Waals surface area contributed by atoms with E-state index in [9.17, 15) is 14.9 Å². The van der Waals surface area contributed by atoms with E-state index < -0.39 is 10.8 Å². The smallest absolute Gasteiger partial charge is 0.294 e. The normalized spacial score (nSPS) is 10.3. The topological polar surface area (TPSA) is 81.5 Å². The van der Waals surface area contributed by atoms with Gasteiger partial charge in [-0.1, -0.05) is 40.9 Å². The highest BCUT2D eigenvalue weighted by Crippen LogP contribution is 2.41. The van der Waals surface area contributed by atoms with Crippen LogP contribution in [0.25, 0.3) is 0 Å². The molecule has 9 heteroatoms. The maximum absolute atomic E-state index is 11.2. The lowest BCUT2D eigenvalue weighted by Gasteiger charge is -2.12. The third kappa shape index (κ3) is 4.04. The fourth-order valence-electron chi connectivity index (χ4n) is 1.74. The van der Waals surface area contributed by atoms with Gasteiger partial charge >= 0.3 is 0 Å². The van der Waals surface area contributed by atoms with Gasteiger partial charge in [0.25, 0.3) is 5.69 Å². The van der Waals surface area contributed by atoms with E-state index in [4.69, 9.17) is 39.5 Å². The van der Waals surface area contributed by atoms with Gasteiger partial charge in [-0.3, -0.25) is 14.9 Å². The van der Waals surface area contributed by atoms with Crippen LogP contribution in [0.1, 0.15) is 6.92 Å². The minimum Gasteiger partial charge on any atom is -0.454 e. The summed E-state index contributed by atoms with van der Waals surface area (Å²) >= 11 is 17.9. The first-order valence-electron chi connectivity index (χ1n) is 6.17. The molecule has 23 heavy (non-hydrogen) atoms. The molecule has 0 spiro atoms. The Kier molecular flexibility index (Phi) is 5.30. The number of nitrogens with zero attached hydrogens (tertiary/aromatic N) is 1. The zero-order valence-corrected chi connectivity index (χ0v) is 13.9. The number of benzene rings is 2. The van der Waals surface area contributed by atoms with Crippen molar-refractivity contribution in [3.63, 3.8) is 0 Å². The van der Waals surface area contributed by atoms with Crippen molar-refractivity contribution in [3.05, 3.63) is 55.5 Å². The second-order valence-electron chi connectivity index (χ2n) is 4.39.